The Morgan fingerprint density at radius 2 is 1.59 bits per heavy atom. The smallest absolute Gasteiger partial charge is 0.422 e. The quantitative estimate of drug-likeness (QED) is 0.0640. The number of rotatable bonds is 16. The third-order valence-electron chi connectivity index (χ3n) is 8.26. The summed E-state index contributed by atoms with van der Waals surface area (Å²) >= 11 is 6.02. The number of carbonyl (C=O) groups is 4. The number of ether oxygens (including phenoxy) is 2. The molecular formula is C38H36ClF3N10O7. The SMILES string of the molecule is C.O=C(NCC[C@H](NC(=O)c1ccc(Nc2nc(NC3(c4ccc(Cl)cc4)CC3)nc(OCC(F)(F)F)n2)cc1)C(=O)O)C(=O)Nc1ccc(Oc2cccnc2)nc1. The van der Waals surface area contributed by atoms with Gasteiger partial charge in [-0.05, 0) is 79.4 Å². The molecule has 1 aliphatic carbocycles. The number of pyridine rings is 2. The second-order valence-electron chi connectivity index (χ2n) is 12.6. The van der Waals surface area contributed by atoms with E-state index in [1.807, 2.05) is 12.1 Å². The van der Waals surface area contributed by atoms with Crippen molar-refractivity contribution in [1.82, 2.24) is 35.6 Å². The van der Waals surface area contributed by atoms with E-state index in [0.717, 1.165) is 5.56 Å². The van der Waals surface area contributed by atoms with Crippen molar-refractivity contribution < 1.29 is 46.9 Å². The number of nitrogens with zero attached hydrogens (tertiary/aromatic N) is 5. The second kappa shape index (κ2) is 18.9. The van der Waals surface area contributed by atoms with Crippen LogP contribution < -0.4 is 36.1 Å². The predicted molar refractivity (Wildman–Crippen MR) is 208 cm³/mol. The second-order valence-corrected chi connectivity index (χ2v) is 13.1. The van der Waals surface area contributed by atoms with Gasteiger partial charge in [0.25, 0.3) is 5.91 Å². The maximum atomic E-state index is 13.0. The van der Waals surface area contributed by atoms with Gasteiger partial charge in [0.05, 0.1) is 23.6 Å². The Balaban J connectivity index is 0.00000661. The minimum atomic E-state index is -4.65. The molecule has 3 amide bonds. The highest BCUT2D eigenvalue weighted by Crippen LogP contribution is 2.48. The number of carboxylic acids is 1. The molecule has 308 valence electrons. The molecule has 21 heteroatoms. The first kappa shape index (κ1) is 43.0. The van der Waals surface area contributed by atoms with E-state index >= 15 is 0 Å². The van der Waals surface area contributed by atoms with Gasteiger partial charge in [0.15, 0.2) is 6.61 Å². The predicted octanol–water partition coefficient (Wildman–Crippen LogP) is 5.86. The molecule has 6 rings (SSSR count). The average molecular weight is 837 g/mol. The molecule has 0 aliphatic heterocycles. The van der Waals surface area contributed by atoms with E-state index in [1.54, 1.807) is 30.5 Å². The number of hydrogen-bond donors (Lipinski definition) is 6. The summed E-state index contributed by atoms with van der Waals surface area (Å²) in [6.07, 6.45) is 0.812. The summed E-state index contributed by atoms with van der Waals surface area (Å²) in [6, 6.07) is 16.9. The number of benzene rings is 2. The van der Waals surface area contributed by atoms with Gasteiger partial charge in [-0.25, -0.2) is 9.78 Å². The standard InChI is InChI=1S/C37H32ClF3N10O7.CH4/c38-23-7-5-22(6-8-23)36(14-15-36)51-34-48-33(49-35(50-34)57-20-37(39,40)41)46-24-9-3-21(4-10-24)29(52)47-27(32(55)56)13-17-43-30(53)31(54)45-25-11-12-28(44-18-25)58-26-2-1-16-42-19-26;/h1-12,16,18-19,27H,13-15,17,20H2,(H,43,53)(H,45,54)(H,47,52)(H,55,56)(H2,46,48,49,50,51);1H4/t27-;/m0./s1. The summed E-state index contributed by atoms with van der Waals surface area (Å²) in [5, 5.41) is 23.3. The number of carboxylic acid groups (broad SMARTS) is 1. The Morgan fingerprint density at radius 3 is 2.22 bits per heavy atom. The van der Waals surface area contributed by atoms with Gasteiger partial charge in [-0.3, -0.25) is 19.4 Å². The van der Waals surface area contributed by atoms with E-state index in [1.165, 1.54) is 48.8 Å². The van der Waals surface area contributed by atoms with Crippen molar-refractivity contribution in [3.63, 3.8) is 0 Å². The minimum Gasteiger partial charge on any atom is -0.480 e. The molecule has 1 atom stereocenters. The molecule has 17 nitrogen and oxygen atoms in total. The lowest BCUT2D eigenvalue weighted by molar-refractivity contribution is -0.154. The van der Waals surface area contributed by atoms with Crippen molar-refractivity contribution in [3.05, 3.63) is 108 Å². The number of aromatic nitrogens is 5. The van der Waals surface area contributed by atoms with E-state index in [-0.39, 0.29) is 49.4 Å². The summed E-state index contributed by atoms with van der Waals surface area (Å²) in [6.45, 7) is -1.92. The van der Waals surface area contributed by atoms with E-state index < -0.39 is 54.1 Å². The van der Waals surface area contributed by atoms with Crippen molar-refractivity contribution >= 4 is 58.6 Å². The summed E-state index contributed by atoms with van der Waals surface area (Å²) in [5.41, 5.74) is 0.867. The van der Waals surface area contributed by atoms with Gasteiger partial charge in [-0.15, -0.1) is 0 Å². The van der Waals surface area contributed by atoms with Gasteiger partial charge in [-0.1, -0.05) is 31.2 Å². The van der Waals surface area contributed by atoms with Crippen LogP contribution in [-0.2, 0) is 19.9 Å². The van der Waals surface area contributed by atoms with Gasteiger partial charge in [0, 0.05) is 35.1 Å². The fraction of sp³-hybridized carbons (Fsp3) is 0.237. The molecule has 1 fully saturated rings. The average Bonchev–Trinajstić information content (AvgIpc) is 3.98. The molecule has 0 radical (unpaired) electrons. The van der Waals surface area contributed by atoms with Crippen LogP contribution in [-0.4, -0.2) is 79.1 Å². The Hall–Kier alpha value is -7.09. The fourth-order valence-corrected chi connectivity index (χ4v) is 5.37. The molecular weight excluding hydrogens is 801 g/mol. The van der Waals surface area contributed by atoms with Gasteiger partial charge in [-0.2, -0.15) is 28.1 Å². The highest BCUT2D eigenvalue weighted by Gasteiger charge is 2.45. The highest BCUT2D eigenvalue weighted by molar-refractivity contribution is 6.39. The molecule has 3 heterocycles. The van der Waals surface area contributed by atoms with Gasteiger partial charge >= 0.3 is 30.0 Å². The molecule has 0 unspecified atom stereocenters. The first-order valence-corrected chi connectivity index (χ1v) is 17.7. The maximum Gasteiger partial charge on any atom is 0.422 e. The molecule has 1 aliphatic rings. The van der Waals surface area contributed by atoms with Crippen LogP contribution in [0.4, 0.5) is 36.4 Å². The summed E-state index contributed by atoms with van der Waals surface area (Å²) < 4.78 is 49.2. The third-order valence-corrected chi connectivity index (χ3v) is 8.51. The van der Waals surface area contributed by atoms with Crippen LogP contribution in [0.1, 0.15) is 42.6 Å². The minimum absolute atomic E-state index is 0. The van der Waals surface area contributed by atoms with Crippen LogP contribution in [0.5, 0.6) is 17.6 Å². The lowest BCUT2D eigenvalue weighted by atomic mass is 10.1. The van der Waals surface area contributed by atoms with Crippen LogP contribution in [0.25, 0.3) is 0 Å². The van der Waals surface area contributed by atoms with E-state index in [9.17, 15) is 37.5 Å². The number of alkyl halides is 3. The zero-order valence-corrected chi connectivity index (χ0v) is 30.7. The number of hydrogen-bond acceptors (Lipinski definition) is 13. The largest absolute Gasteiger partial charge is 0.480 e. The van der Waals surface area contributed by atoms with Crippen LogP contribution in [0, 0.1) is 0 Å². The Morgan fingerprint density at radius 1 is 0.881 bits per heavy atom. The molecule has 1 saturated carbocycles. The molecule has 0 saturated heterocycles. The number of nitrogens with one attached hydrogen (secondary N) is 5. The zero-order valence-electron chi connectivity index (χ0n) is 29.9. The summed E-state index contributed by atoms with van der Waals surface area (Å²) in [5.74, 6) is -3.79. The normalized spacial score (nSPS) is 13.1. The number of aliphatic carboxylic acids is 1. The molecule has 6 N–H and O–H groups in total. The molecule has 2 aromatic carbocycles. The van der Waals surface area contributed by atoms with Crippen molar-refractivity contribution in [2.24, 2.45) is 0 Å². The molecule has 0 spiro atoms. The lowest BCUT2D eigenvalue weighted by Crippen LogP contribution is -2.44. The molecule has 0 bridgehead atoms. The molecule has 5 aromatic rings. The highest BCUT2D eigenvalue weighted by atomic mass is 35.5. The van der Waals surface area contributed by atoms with Crippen LogP contribution >= 0.6 is 11.6 Å². The van der Waals surface area contributed by atoms with Crippen molar-refractivity contribution in [3.8, 4) is 17.6 Å². The Labute approximate surface area is 339 Å². The van der Waals surface area contributed by atoms with E-state index in [0.29, 0.717) is 29.3 Å². The topological polar surface area (TPSA) is 232 Å². The van der Waals surface area contributed by atoms with E-state index in [4.69, 9.17) is 21.1 Å². The lowest BCUT2D eigenvalue weighted by Gasteiger charge is -2.19. The number of amides is 3. The zero-order chi connectivity index (χ0) is 41.3. The molecule has 3 aromatic heterocycles. The van der Waals surface area contributed by atoms with Gasteiger partial charge in [0.2, 0.25) is 17.8 Å². The summed E-state index contributed by atoms with van der Waals surface area (Å²) in [4.78, 5) is 69.9. The van der Waals surface area contributed by atoms with E-state index in [2.05, 4.69) is 51.5 Å². The first-order valence-electron chi connectivity index (χ1n) is 17.3. The van der Waals surface area contributed by atoms with Crippen molar-refractivity contribution in [1.29, 1.82) is 0 Å². The first-order chi connectivity index (χ1) is 27.7. The third kappa shape index (κ3) is 12.4. The summed E-state index contributed by atoms with van der Waals surface area (Å²) in [7, 11) is 0. The van der Waals surface area contributed by atoms with Gasteiger partial charge in [0.1, 0.15) is 11.8 Å². The fourth-order valence-electron chi connectivity index (χ4n) is 5.25. The maximum absolute atomic E-state index is 13.0. The van der Waals surface area contributed by atoms with Crippen LogP contribution in [0.2, 0.25) is 5.02 Å². The number of carbonyl (C=O) groups excluding carboxylic acids is 3. The number of anilines is 4. The number of halogens is 4. The monoisotopic (exact) mass is 836 g/mol. The van der Waals surface area contributed by atoms with Crippen molar-refractivity contribution in [2.45, 2.75) is 44.4 Å². The van der Waals surface area contributed by atoms with Gasteiger partial charge < -0.3 is 41.2 Å². The Kier molecular flexibility index (Phi) is 13.8. The van der Waals surface area contributed by atoms with Crippen LogP contribution in [0.3, 0.4) is 0 Å². The van der Waals surface area contributed by atoms with Crippen molar-refractivity contribution in [2.75, 3.05) is 29.1 Å². The van der Waals surface area contributed by atoms with Crippen LogP contribution in [0.15, 0.2) is 91.4 Å². The molecule has 59 heavy (non-hydrogen) atoms. The Bertz CT molecular complexity index is 2250.